The van der Waals surface area contributed by atoms with Gasteiger partial charge in [0, 0.05) is 44.5 Å². The first kappa shape index (κ1) is 48.8. The van der Waals surface area contributed by atoms with E-state index in [-0.39, 0.29) is 34.5 Å². The molecule has 2 aliphatic heterocycles. The first-order valence-electron chi connectivity index (χ1n) is 21.8. The fourth-order valence-corrected chi connectivity index (χ4v) is 9.19. The average molecular weight is 986 g/mol. The lowest BCUT2D eigenvalue weighted by Crippen LogP contribution is -2.45. The Kier molecular flexibility index (Phi) is 14.7. The van der Waals surface area contributed by atoms with Crippen LogP contribution < -0.4 is 5.32 Å². The summed E-state index contributed by atoms with van der Waals surface area (Å²) in [6.45, 7) is 6.30. The van der Waals surface area contributed by atoms with Crippen molar-refractivity contribution in [1.29, 1.82) is 0 Å². The van der Waals surface area contributed by atoms with Crippen LogP contribution in [0.2, 0.25) is 5.35 Å². The minimum atomic E-state index is -4.81. The molecule has 1 amide bonds. The van der Waals surface area contributed by atoms with E-state index >= 15 is 0 Å². The lowest BCUT2D eigenvalue weighted by Gasteiger charge is -2.38. The van der Waals surface area contributed by atoms with Crippen LogP contribution in [-0.4, -0.2) is 120 Å². The van der Waals surface area contributed by atoms with Gasteiger partial charge in [-0.2, -0.15) is 41.5 Å². The van der Waals surface area contributed by atoms with E-state index in [1.807, 2.05) is 0 Å². The fourth-order valence-electron chi connectivity index (χ4n) is 9.05. The van der Waals surface area contributed by atoms with Gasteiger partial charge in [-0.25, -0.2) is 18.7 Å². The lowest BCUT2D eigenvalue weighted by molar-refractivity contribution is -0.384. The standard InChI is InChI=1S/C23H23ClF4N6O3.C19H21F4N5O3/c24-22-30-17(12-37-22)21(35)29-16-11-34(14-3-1-13(2-4-14)33-7-9-36-10-8-33)32-20(16)19-15(25)5-6-18(31-19)23(26,27)28;20-14-5-6-16(19(21,22)23)24-17(14)18-15(28(29)30)11-27(25-18)13-3-1-12(2-4-13)26-7-9-31-10-8-26/h5-6,11-14H,1-4,7-10H2,(H,29,35);5-6,11-13H,1-4,7-10H2. The normalized spacial score (nSPS) is 22.1. The Hall–Kier alpha value is -5.63. The number of nitrogens with zero attached hydrogens (tertiary/aromatic N) is 10. The van der Waals surface area contributed by atoms with Gasteiger partial charge in [-0.3, -0.25) is 34.1 Å². The van der Waals surface area contributed by atoms with E-state index in [1.54, 1.807) is 4.68 Å². The summed E-state index contributed by atoms with van der Waals surface area (Å²) in [7, 11) is 0. The molecule has 4 fully saturated rings. The summed E-state index contributed by atoms with van der Waals surface area (Å²) >= 11 is 5.64. The third-order valence-corrected chi connectivity index (χ3v) is 12.7. The Morgan fingerprint density at radius 1 is 0.662 bits per heavy atom. The monoisotopic (exact) mass is 985 g/mol. The Labute approximate surface area is 386 Å². The van der Waals surface area contributed by atoms with Crippen LogP contribution in [0.3, 0.4) is 0 Å². The highest BCUT2D eigenvalue weighted by atomic mass is 35.5. The van der Waals surface area contributed by atoms with Gasteiger partial charge in [-0.15, -0.1) is 0 Å². The molecule has 0 unspecified atom stereocenters. The number of carbonyl (C=O) groups excluding carboxylic acids is 1. The number of alkyl halides is 6. The van der Waals surface area contributed by atoms with Crippen LogP contribution in [-0.2, 0) is 21.8 Å². The van der Waals surface area contributed by atoms with Crippen LogP contribution >= 0.6 is 11.6 Å². The number of oxazole rings is 1. The van der Waals surface area contributed by atoms with Crippen LogP contribution in [0, 0.1) is 21.7 Å². The first-order valence-corrected chi connectivity index (χ1v) is 22.2. The number of rotatable bonds is 9. The zero-order valence-corrected chi connectivity index (χ0v) is 36.7. The second kappa shape index (κ2) is 20.5. The van der Waals surface area contributed by atoms with E-state index in [0.29, 0.717) is 75.6 Å². The predicted octanol–water partition coefficient (Wildman–Crippen LogP) is 8.64. The second-order valence-electron chi connectivity index (χ2n) is 16.7. The highest BCUT2D eigenvalue weighted by Gasteiger charge is 2.37. The van der Waals surface area contributed by atoms with Crippen molar-refractivity contribution in [2.24, 2.45) is 0 Å². The highest BCUT2D eigenvalue weighted by Crippen LogP contribution is 2.39. The molecule has 2 saturated carbocycles. The van der Waals surface area contributed by atoms with Gasteiger partial charge in [-0.05, 0) is 87.2 Å². The number of aromatic nitrogens is 7. The molecule has 1 N–H and O–H groups in total. The summed E-state index contributed by atoms with van der Waals surface area (Å²) in [4.78, 5) is 38.7. The van der Waals surface area contributed by atoms with Gasteiger partial charge in [0.15, 0.2) is 23.0 Å². The van der Waals surface area contributed by atoms with Gasteiger partial charge in [0.1, 0.15) is 40.9 Å². The van der Waals surface area contributed by atoms with Crippen molar-refractivity contribution in [3.05, 3.63) is 87.1 Å². The number of hydrogen-bond acceptors (Lipinski definition) is 13. The van der Waals surface area contributed by atoms with Crippen LogP contribution in [0.5, 0.6) is 0 Å². The third kappa shape index (κ3) is 11.3. The maximum absolute atomic E-state index is 14.7. The predicted molar refractivity (Wildman–Crippen MR) is 224 cm³/mol. The molecule has 0 radical (unpaired) electrons. The van der Waals surface area contributed by atoms with E-state index < -0.39 is 69.0 Å². The van der Waals surface area contributed by atoms with Crippen molar-refractivity contribution in [1.82, 2.24) is 44.3 Å². The summed E-state index contributed by atoms with van der Waals surface area (Å²) in [5.74, 6) is -2.86. The Bertz CT molecular complexity index is 2560. The summed E-state index contributed by atoms with van der Waals surface area (Å²) in [6, 6.07) is 2.90. The van der Waals surface area contributed by atoms with E-state index in [2.05, 4.69) is 40.3 Å². The Morgan fingerprint density at radius 2 is 1.10 bits per heavy atom. The van der Waals surface area contributed by atoms with Gasteiger partial charge >= 0.3 is 18.0 Å². The van der Waals surface area contributed by atoms with Crippen LogP contribution in [0.4, 0.5) is 46.5 Å². The van der Waals surface area contributed by atoms with Crippen molar-refractivity contribution in [3.63, 3.8) is 0 Å². The quantitative estimate of drug-likeness (QED) is 0.0842. The number of morpholine rings is 2. The molecule has 7 heterocycles. The molecular formula is C42H44ClF8N11O6. The first-order chi connectivity index (χ1) is 32.4. The average Bonchev–Trinajstić information content (AvgIpc) is 4.09. The molecule has 2 saturated heterocycles. The number of nitro groups is 1. The number of ether oxygens (including phenoxy) is 2. The topological polar surface area (TPSA) is 185 Å². The molecule has 0 spiro atoms. The number of amides is 1. The minimum Gasteiger partial charge on any atom is -0.435 e. The Morgan fingerprint density at radius 3 is 1.54 bits per heavy atom. The SMILES string of the molecule is O=C(Nc1cn(C2CCC(N3CCOCC3)CC2)nc1-c1nc(C(F)(F)F)ccc1F)c1coc(Cl)n1.O=[N+]([O-])c1cn(C2CCC(N3CCOCC3)CC2)nc1-c1nc(C(F)(F)F)ccc1F. The van der Waals surface area contributed by atoms with E-state index in [9.17, 15) is 50.0 Å². The van der Waals surface area contributed by atoms with Gasteiger partial charge in [0.2, 0.25) is 0 Å². The molecule has 5 aromatic rings. The smallest absolute Gasteiger partial charge is 0.433 e. The summed E-state index contributed by atoms with van der Waals surface area (Å²) < 4.78 is 127. The molecule has 366 valence electrons. The largest absolute Gasteiger partial charge is 0.435 e. The number of halogens is 9. The van der Waals surface area contributed by atoms with Crippen molar-refractivity contribution in [2.45, 2.75) is 87.9 Å². The van der Waals surface area contributed by atoms with Gasteiger partial charge in [-0.1, -0.05) is 0 Å². The minimum absolute atomic E-state index is 0.00912. The van der Waals surface area contributed by atoms with E-state index in [0.717, 1.165) is 77.2 Å². The summed E-state index contributed by atoms with van der Waals surface area (Å²) in [5, 5.41) is 22.3. The summed E-state index contributed by atoms with van der Waals surface area (Å²) in [6.07, 6.45) is 0.531. The second-order valence-corrected chi connectivity index (χ2v) is 17.0. The van der Waals surface area contributed by atoms with Crippen LogP contribution in [0.15, 0.2) is 47.3 Å². The van der Waals surface area contributed by atoms with E-state index in [4.69, 9.17) is 25.5 Å². The van der Waals surface area contributed by atoms with Crippen molar-refractivity contribution >= 4 is 28.9 Å². The molecule has 4 aliphatic rings. The lowest BCUT2D eigenvalue weighted by atomic mass is 9.90. The zero-order chi connectivity index (χ0) is 48.3. The molecule has 9 rings (SSSR count). The molecule has 0 bridgehead atoms. The third-order valence-electron chi connectivity index (χ3n) is 12.5. The molecule has 68 heavy (non-hydrogen) atoms. The van der Waals surface area contributed by atoms with Crippen LogP contribution in [0.1, 0.15) is 85.3 Å². The molecule has 5 aromatic heterocycles. The van der Waals surface area contributed by atoms with Crippen molar-refractivity contribution in [2.75, 3.05) is 57.9 Å². The number of carbonyl (C=O) groups is 1. The number of anilines is 1. The van der Waals surface area contributed by atoms with E-state index in [1.165, 1.54) is 10.9 Å². The Balaban J connectivity index is 0.000000187. The van der Waals surface area contributed by atoms with Crippen molar-refractivity contribution in [3.8, 4) is 22.8 Å². The molecular weight excluding hydrogens is 942 g/mol. The molecule has 17 nitrogen and oxygen atoms in total. The summed E-state index contributed by atoms with van der Waals surface area (Å²) in [5.41, 5.74) is -5.46. The number of hydrogen-bond donors (Lipinski definition) is 1. The molecule has 26 heteroatoms. The van der Waals surface area contributed by atoms with Gasteiger partial charge in [0.05, 0.1) is 49.1 Å². The number of pyridine rings is 2. The molecule has 2 aliphatic carbocycles. The molecule has 0 aromatic carbocycles. The maximum atomic E-state index is 14.7. The van der Waals surface area contributed by atoms with Gasteiger partial charge < -0.3 is 19.2 Å². The maximum Gasteiger partial charge on any atom is 0.433 e. The van der Waals surface area contributed by atoms with Gasteiger partial charge in [0.25, 0.3) is 11.3 Å². The molecule has 0 atom stereocenters. The number of nitrogens with one attached hydrogen (secondary N) is 1. The highest BCUT2D eigenvalue weighted by molar-refractivity contribution is 6.28. The van der Waals surface area contributed by atoms with Crippen molar-refractivity contribution < 1.29 is 58.7 Å². The fraction of sp³-hybridized carbons (Fsp3) is 0.524. The van der Waals surface area contributed by atoms with Crippen LogP contribution in [0.25, 0.3) is 22.8 Å². The zero-order valence-electron chi connectivity index (χ0n) is 36.0.